The van der Waals surface area contributed by atoms with E-state index in [1.54, 1.807) is 54.7 Å². The van der Waals surface area contributed by atoms with E-state index in [4.69, 9.17) is 21.8 Å². The van der Waals surface area contributed by atoms with Crippen LogP contribution in [0.1, 0.15) is 21.8 Å². The summed E-state index contributed by atoms with van der Waals surface area (Å²) in [5.41, 5.74) is 8.80. The predicted octanol–water partition coefficient (Wildman–Crippen LogP) is 4.72. The number of halogens is 1. The lowest BCUT2D eigenvalue weighted by molar-refractivity contribution is -0.117. The number of aromatic hydroxyl groups is 1. The third-order valence-corrected chi connectivity index (χ3v) is 6.35. The molecule has 0 bridgehead atoms. The van der Waals surface area contributed by atoms with Gasteiger partial charge in [0, 0.05) is 40.1 Å². The van der Waals surface area contributed by atoms with Crippen LogP contribution in [0.25, 0.3) is 22.4 Å². The number of anilines is 2. The van der Waals surface area contributed by atoms with E-state index in [1.165, 1.54) is 24.7 Å². The van der Waals surface area contributed by atoms with Crippen molar-refractivity contribution in [3.8, 4) is 34.2 Å². The SMILES string of the molecule is N#Cc1c(-c2cccc(NC(=O)[C@@H](N)Cc3cnc[nH]3)c2)cc(-c2ccc(Cl)cc2O)nc1NC(=O)c1ccco1. The normalized spacial score (nSPS) is 11.4. The van der Waals surface area contributed by atoms with Gasteiger partial charge in [-0.05, 0) is 54.1 Å². The Bertz CT molecular complexity index is 1760. The number of nitrogens with one attached hydrogen (secondary N) is 3. The van der Waals surface area contributed by atoms with E-state index in [0.717, 1.165) is 5.69 Å². The predicted molar refractivity (Wildman–Crippen MR) is 152 cm³/mol. The molecule has 0 fully saturated rings. The van der Waals surface area contributed by atoms with E-state index in [9.17, 15) is 20.0 Å². The highest BCUT2D eigenvalue weighted by molar-refractivity contribution is 6.30. The first-order chi connectivity index (χ1) is 19.8. The van der Waals surface area contributed by atoms with E-state index in [0.29, 0.717) is 27.4 Å². The number of hydrogen-bond acceptors (Lipinski definition) is 8. The number of nitriles is 1. The average molecular weight is 568 g/mol. The average Bonchev–Trinajstić information content (AvgIpc) is 3.68. The van der Waals surface area contributed by atoms with E-state index in [1.807, 2.05) is 0 Å². The van der Waals surface area contributed by atoms with Crippen molar-refractivity contribution in [2.24, 2.45) is 5.73 Å². The molecule has 12 heteroatoms. The number of aromatic nitrogens is 3. The molecule has 3 heterocycles. The van der Waals surface area contributed by atoms with Crippen LogP contribution in [0.5, 0.6) is 5.75 Å². The zero-order valence-corrected chi connectivity index (χ0v) is 22.0. The molecule has 0 radical (unpaired) electrons. The smallest absolute Gasteiger partial charge is 0.292 e. The second-order valence-electron chi connectivity index (χ2n) is 8.94. The van der Waals surface area contributed by atoms with Crippen molar-refractivity contribution in [3.63, 3.8) is 0 Å². The number of benzene rings is 2. The zero-order chi connectivity index (χ0) is 28.9. The Morgan fingerprint density at radius 3 is 2.68 bits per heavy atom. The zero-order valence-electron chi connectivity index (χ0n) is 21.3. The quantitative estimate of drug-likeness (QED) is 0.178. The first-order valence-electron chi connectivity index (χ1n) is 12.3. The minimum atomic E-state index is -0.836. The maximum atomic E-state index is 12.8. The molecule has 1 atom stereocenters. The van der Waals surface area contributed by atoms with Gasteiger partial charge >= 0.3 is 0 Å². The van der Waals surface area contributed by atoms with E-state index >= 15 is 0 Å². The highest BCUT2D eigenvalue weighted by Crippen LogP contribution is 2.37. The second-order valence-corrected chi connectivity index (χ2v) is 9.38. The van der Waals surface area contributed by atoms with Gasteiger partial charge in [-0.15, -0.1) is 0 Å². The fourth-order valence-electron chi connectivity index (χ4n) is 4.14. The molecule has 0 saturated heterocycles. The van der Waals surface area contributed by atoms with Gasteiger partial charge in [0.25, 0.3) is 5.91 Å². The molecule has 3 aromatic heterocycles. The third kappa shape index (κ3) is 6.09. The number of carbonyl (C=O) groups is 2. The largest absolute Gasteiger partial charge is 0.507 e. The molecule has 0 aliphatic heterocycles. The number of aromatic amines is 1. The molecule has 0 unspecified atom stereocenters. The standard InChI is InChI=1S/C29H22ClN7O4/c30-17-6-7-20(25(38)10-17)24-12-21(22(13-31)27(36-24)37-29(40)26-5-2-8-41-26)16-3-1-4-18(9-16)35-28(39)23(32)11-19-14-33-15-34-19/h1-10,12,14-15,23,38H,11,32H2,(H,33,34)(H,35,39)(H,36,37,40)/t23-/m0/s1. The summed E-state index contributed by atoms with van der Waals surface area (Å²) in [6, 6.07) is 17.2. The Morgan fingerprint density at radius 1 is 1.12 bits per heavy atom. The Hall–Kier alpha value is -5.44. The molecule has 6 N–H and O–H groups in total. The molecule has 41 heavy (non-hydrogen) atoms. The molecule has 2 aromatic carbocycles. The van der Waals surface area contributed by atoms with Crippen LogP contribution >= 0.6 is 11.6 Å². The lowest BCUT2D eigenvalue weighted by atomic mass is 9.97. The van der Waals surface area contributed by atoms with Crippen LogP contribution in [0, 0.1) is 11.3 Å². The summed E-state index contributed by atoms with van der Waals surface area (Å²) in [5, 5.41) is 26.5. The van der Waals surface area contributed by atoms with Gasteiger partial charge in [-0.1, -0.05) is 23.7 Å². The Morgan fingerprint density at radius 2 is 1.98 bits per heavy atom. The number of phenols is 1. The number of nitrogens with zero attached hydrogens (tertiary/aromatic N) is 3. The van der Waals surface area contributed by atoms with Crippen molar-refractivity contribution in [1.82, 2.24) is 15.0 Å². The lowest BCUT2D eigenvalue weighted by Gasteiger charge is -2.15. The summed E-state index contributed by atoms with van der Waals surface area (Å²) < 4.78 is 5.17. The van der Waals surface area contributed by atoms with Gasteiger partial charge in [0.05, 0.1) is 24.3 Å². The van der Waals surface area contributed by atoms with Gasteiger partial charge in [0.1, 0.15) is 17.4 Å². The topological polar surface area (TPSA) is 183 Å². The van der Waals surface area contributed by atoms with Crippen LogP contribution in [0.15, 0.2) is 83.9 Å². The molecule has 0 saturated carbocycles. The van der Waals surface area contributed by atoms with E-state index in [-0.39, 0.29) is 35.0 Å². The second kappa shape index (κ2) is 11.7. The fourth-order valence-corrected chi connectivity index (χ4v) is 4.30. The Kier molecular flexibility index (Phi) is 7.78. The van der Waals surface area contributed by atoms with E-state index < -0.39 is 17.9 Å². The van der Waals surface area contributed by atoms with Crippen molar-refractivity contribution >= 4 is 34.9 Å². The van der Waals surface area contributed by atoms with Crippen LogP contribution in [0.2, 0.25) is 5.02 Å². The summed E-state index contributed by atoms with van der Waals surface area (Å²) in [5.74, 6) is -1.20. The molecular weight excluding hydrogens is 546 g/mol. The summed E-state index contributed by atoms with van der Waals surface area (Å²) in [4.78, 5) is 36.9. The number of hydrogen-bond donors (Lipinski definition) is 5. The van der Waals surface area contributed by atoms with Crippen LogP contribution in [0.4, 0.5) is 11.5 Å². The van der Waals surface area contributed by atoms with Crippen molar-refractivity contribution in [2.75, 3.05) is 10.6 Å². The maximum Gasteiger partial charge on any atom is 0.292 e. The number of imidazole rings is 1. The third-order valence-electron chi connectivity index (χ3n) is 6.12. The van der Waals surface area contributed by atoms with E-state index in [2.05, 4.69) is 31.7 Å². The first kappa shape index (κ1) is 27.1. The minimum absolute atomic E-state index is 0.0214. The van der Waals surface area contributed by atoms with Crippen molar-refractivity contribution < 1.29 is 19.1 Å². The van der Waals surface area contributed by atoms with Crippen LogP contribution in [0.3, 0.4) is 0 Å². The van der Waals surface area contributed by atoms with Gasteiger partial charge in [-0.25, -0.2) is 9.97 Å². The fraction of sp³-hybridized carbons (Fsp3) is 0.0690. The van der Waals surface area contributed by atoms with Crippen LogP contribution in [-0.2, 0) is 11.2 Å². The molecule has 2 amide bonds. The summed E-state index contributed by atoms with van der Waals surface area (Å²) in [7, 11) is 0. The molecular formula is C29H22ClN7O4. The summed E-state index contributed by atoms with van der Waals surface area (Å²) in [6.45, 7) is 0. The molecule has 5 rings (SSSR count). The number of carbonyl (C=O) groups excluding carboxylic acids is 2. The number of rotatable bonds is 8. The number of pyridine rings is 1. The number of furan rings is 1. The molecule has 0 aliphatic rings. The van der Waals surface area contributed by atoms with Crippen molar-refractivity contribution in [2.45, 2.75) is 12.5 Å². The van der Waals surface area contributed by atoms with Gasteiger partial charge in [0.15, 0.2) is 11.6 Å². The monoisotopic (exact) mass is 567 g/mol. The summed E-state index contributed by atoms with van der Waals surface area (Å²) >= 11 is 6.02. The highest BCUT2D eigenvalue weighted by Gasteiger charge is 2.21. The van der Waals surface area contributed by atoms with Gasteiger partial charge < -0.3 is 30.9 Å². The number of phenolic OH excluding ortho intramolecular Hbond substituents is 1. The number of nitrogens with two attached hydrogens (primary N) is 1. The maximum absolute atomic E-state index is 12.8. The number of H-pyrrole nitrogens is 1. The molecule has 11 nitrogen and oxygen atoms in total. The van der Waals surface area contributed by atoms with Gasteiger partial charge in [0.2, 0.25) is 5.91 Å². The van der Waals surface area contributed by atoms with Gasteiger partial charge in [-0.2, -0.15) is 5.26 Å². The minimum Gasteiger partial charge on any atom is -0.507 e. The summed E-state index contributed by atoms with van der Waals surface area (Å²) in [6.07, 6.45) is 4.72. The Balaban J connectivity index is 1.54. The first-order valence-corrected chi connectivity index (χ1v) is 12.6. The molecule has 0 spiro atoms. The van der Waals surface area contributed by atoms with Crippen molar-refractivity contribution in [1.29, 1.82) is 5.26 Å². The van der Waals surface area contributed by atoms with Crippen LogP contribution < -0.4 is 16.4 Å². The molecule has 0 aliphatic carbocycles. The highest BCUT2D eigenvalue weighted by atomic mass is 35.5. The molecule has 204 valence electrons. The van der Waals surface area contributed by atoms with Gasteiger partial charge in [-0.3, -0.25) is 9.59 Å². The lowest BCUT2D eigenvalue weighted by Crippen LogP contribution is -2.37. The molecule has 5 aromatic rings. The number of amides is 2. The van der Waals surface area contributed by atoms with Crippen LogP contribution in [-0.4, -0.2) is 37.9 Å². The van der Waals surface area contributed by atoms with Crippen molar-refractivity contribution in [3.05, 3.63) is 101 Å². The Labute approximate surface area is 238 Å².